The van der Waals surface area contributed by atoms with Gasteiger partial charge in [0.05, 0.1) is 35.7 Å². The first kappa shape index (κ1) is 39.1. The Labute approximate surface area is 282 Å². The van der Waals surface area contributed by atoms with Gasteiger partial charge in [0.1, 0.15) is 5.70 Å². The number of benzene rings is 1. The smallest absolute Gasteiger partial charge is 0.431 e. The van der Waals surface area contributed by atoms with Crippen LogP contribution in [-0.2, 0) is 18.8 Å². The Kier molecular flexibility index (Phi) is 12.2. The molecular weight excluding hydrogens is 691 g/mol. The van der Waals surface area contributed by atoms with Gasteiger partial charge < -0.3 is 24.8 Å². The van der Waals surface area contributed by atoms with Crippen LogP contribution < -0.4 is 5.32 Å². The number of alkyl halides is 6. The van der Waals surface area contributed by atoms with E-state index in [0.717, 1.165) is 0 Å². The van der Waals surface area contributed by atoms with Gasteiger partial charge in [0.25, 0.3) is 5.91 Å². The fraction of sp³-hybridized carbons (Fsp3) is 0.645. The summed E-state index contributed by atoms with van der Waals surface area (Å²) in [6.45, 7) is 7.30. The molecule has 0 radical (unpaired) electrons. The van der Waals surface area contributed by atoms with Crippen molar-refractivity contribution in [3.63, 3.8) is 0 Å². The highest BCUT2D eigenvalue weighted by Crippen LogP contribution is 2.58. The Hall–Kier alpha value is -2.29. The van der Waals surface area contributed by atoms with Crippen molar-refractivity contribution >= 4 is 49.6 Å². The summed E-state index contributed by atoms with van der Waals surface area (Å²) < 4.78 is 97.8. The zero-order valence-corrected chi connectivity index (χ0v) is 29.4. The van der Waals surface area contributed by atoms with Crippen LogP contribution in [0.25, 0.3) is 0 Å². The first-order valence-electron chi connectivity index (χ1n) is 15.3. The zero-order valence-electron chi connectivity index (χ0n) is 26.9. The van der Waals surface area contributed by atoms with Gasteiger partial charge in [-0.1, -0.05) is 29.3 Å². The van der Waals surface area contributed by atoms with E-state index in [1.807, 2.05) is 0 Å². The van der Waals surface area contributed by atoms with Crippen LogP contribution in [0.1, 0.15) is 64.0 Å². The SMILES string of the molecule is CCOC(=O)[C@]1(C)CC[C@@H](N/C(=C(\C=N)C(=O)N(CC(O[Si](C)(C)C)c2c(Cl)cccc2Cl)CC2(C(F)(F)F)CC2)C(F)(F)F)CC1. The molecule has 2 fully saturated rings. The lowest BCUT2D eigenvalue weighted by atomic mass is 9.74. The van der Waals surface area contributed by atoms with Crippen molar-refractivity contribution in [2.24, 2.45) is 10.8 Å². The van der Waals surface area contributed by atoms with Crippen molar-refractivity contribution in [3.05, 3.63) is 45.1 Å². The third kappa shape index (κ3) is 9.66. The van der Waals surface area contributed by atoms with E-state index in [9.17, 15) is 35.9 Å². The van der Waals surface area contributed by atoms with Gasteiger partial charge in [0.15, 0.2) is 8.32 Å². The molecule has 2 saturated carbocycles. The predicted molar refractivity (Wildman–Crippen MR) is 170 cm³/mol. The van der Waals surface area contributed by atoms with E-state index in [1.165, 1.54) is 12.1 Å². The molecule has 7 nitrogen and oxygen atoms in total. The molecule has 1 amide bonds. The van der Waals surface area contributed by atoms with Crippen LogP contribution in [0.4, 0.5) is 26.3 Å². The number of ether oxygens (including phenoxy) is 1. The van der Waals surface area contributed by atoms with Crippen molar-refractivity contribution in [2.45, 2.75) is 96.5 Å². The largest absolute Gasteiger partial charge is 0.466 e. The predicted octanol–water partition coefficient (Wildman–Crippen LogP) is 8.62. The number of nitrogens with zero attached hydrogens (tertiary/aromatic N) is 1. The van der Waals surface area contributed by atoms with Crippen molar-refractivity contribution in [3.8, 4) is 0 Å². The number of rotatable bonds is 13. The number of nitrogens with one attached hydrogen (secondary N) is 2. The molecule has 0 spiro atoms. The molecule has 0 aliphatic heterocycles. The normalized spacial score (nSPS) is 22.5. The van der Waals surface area contributed by atoms with Gasteiger partial charge in [0.2, 0.25) is 0 Å². The number of hydrogen-bond acceptors (Lipinski definition) is 6. The van der Waals surface area contributed by atoms with Crippen molar-refractivity contribution in [1.82, 2.24) is 10.2 Å². The maximum Gasteiger partial charge on any atom is 0.431 e. The lowest BCUT2D eigenvalue weighted by Crippen LogP contribution is -2.47. The fourth-order valence-electron chi connectivity index (χ4n) is 5.74. The molecule has 1 atom stereocenters. The number of allylic oxidation sites excluding steroid dienone is 1. The van der Waals surface area contributed by atoms with Gasteiger partial charge in [-0.3, -0.25) is 9.59 Å². The maximum atomic E-state index is 14.6. The van der Waals surface area contributed by atoms with Crippen molar-refractivity contribution < 1.29 is 45.1 Å². The number of esters is 1. The average Bonchev–Trinajstić information content (AvgIpc) is 3.73. The Bertz CT molecular complexity index is 1330. The standard InChI is InChI=1S/C31H41Cl2F6N3O4Si/c1-6-45-27(44)28(2)12-10-19(11-13-28)41-25(30(34,35)36)20(16-40)26(43)42(18-29(14-15-29)31(37,38)39)17-23(46-47(3,4)5)24-21(32)8-7-9-22(24)33/h7-9,16,19,23,40-41H,6,10-15,17-18H2,1-5H3/b25-20+,40-16?/t19-,23?,28-. The molecule has 3 rings (SSSR count). The third-order valence-electron chi connectivity index (χ3n) is 8.57. The molecule has 1 aromatic carbocycles. The summed E-state index contributed by atoms with van der Waals surface area (Å²) >= 11 is 12.9. The van der Waals surface area contributed by atoms with Crippen molar-refractivity contribution in [1.29, 1.82) is 5.41 Å². The zero-order chi connectivity index (χ0) is 35.6. The molecule has 0 saturated heterocycles. The van der Waals surface area contributed by atoms with E-state index in [4.69, 9.17) is 37.8 Å². The minimum absolute atomic E-state index is 0.109. The molecule has 1 unspecified atom stereocenters. The molecule has 2 aliphatic rings. The summed E-state index contributed by atoms with van der Waals surface area (Å²) in [6, 6.07) is 3.68. The van der Waals surface area contributed by atoms with E-state index < -0.39 is 79.9 Å². The molecule has 0 aromatic heterocycles. The van der Waals surface area contributed by atoms with Crippen LogP contribution in [0, 0.1) is 16.2 Å². The van der Waals surface area contributed by atoms with Gasteiger partial charge in [0, 0.05) is 34.4 Å². The minimum atomic E-state index is -5.17. The highest BCUT2D eigenvalue weighted by molar-refractivity contribution is 6.69. The van der Waals surface area contributed by atoms with Crippen LogP contribution >= 0.6 is 23.2 Å². The lowest BCUT2D eigenvalue weighted by molar-refractivity contribution is -0.193. The summed E-state index contributed by atoms with van der Waals surface area (Å²) in [6.07, 6.45) is -10.9. The van der Waals surface area contributed by atoms with E-state index in [1.54, 1.807) is 39.6 Å². The summed E-state index contributed by atoms with van der Waals surface area (Å²) in [5.74, 6) is -1.88. The quantitative estimate of drug-likeness (QED) is 0.0697. The second-order valence-corrected chi connectivity index (χ2v) is 18.7. The maximum absolute atomic E-state index is 14.6. The molecule has 2 aliphatic carbocycles. The second kappa shape index (κ2) is 14.7. The van der Waals surface area contributed by atoms with Gasteiger partial charge in [-0.05, 0) is 84.1 Å². The summed E-state index contributed by atoms with van der Waals surface area (Å²) in [7, 11) is -2.53. The molecule has 0 bridgehead atoms. The Balaban J connectivity index is 2.06. The van der Waals surface area contributed by atoms with E-state index in [0.29, 0.717) is 4.90 Å². The summed E-state index contributed by atoms with van der Waals surface area (Å²) in [5.41, 5.74) is -5.71. The van der Waals surface area contributed by atoms with Crippen LogP contribution in [0.15, 0.2) is 29.5 Å². The number of halogens is 8. The summed E-state index contributed by atoms with van der Waals surface area (Å²) in [5, 5.41) is 10.5. The molecule has 264 valence electrons. The molecule has 1 aromatic rings. The molecule has 2 N–H and O–H groups in total. The van der Waals surface area contributed by atoms with Crippen LogP contribution in [0.3, 0.4) is 0 Å². The molecule has 47 heavy (non-hydrogen) atoms. The molecule has 0 heterocycles. The van der Waals surface area contributed by atoms with Crippen LogP contribution in [0.5, 0.6) is 0 Å². The topological polar surface area (TPSA) is 91.7 Å². The minimum Gasteiger partial charge on any atom is -0.466 e. The number of carbonyl (C=O) groups is 2. The molecular formula is C31H41Cl2F6N3O4Si. The van der Waals surface area contributed by atoms with Gasteiger partial charge >= 0.3 is 18.3 Å². The van der Waals surface area contributed by atoms with Gasteiger partial charge in [-0.2, -0.15) is 26.3 Å². The van der Waals surface area contributed by atoms with E-state index >= 15 is 0 Å². The lowest BCUT2D eigenvalue weighted by Gasteiger charge is -2.37. The fourth-order valence-corrected chi connectivity index (χ4v) is 7.42. The first-order chi connectivity index (χ1) is 21.6. The van der Waals surface area contributed by atoms with Gasteiger partial charge in [-0.25, -0.2) is 0 Å². The number of hydrogen-bond donors (Lipinski definition) is 2. The summed E-state index contributed by atoms with van der Waals surface area (Å²) in [4.78, 5) is 27.1. The number of amides is 1. The van der Waals surface area contributed by atoms with Crippen LogP contribution in [0.2, 0.25) is 29.7 Å². The Morgan fingerprint density at radius 2 is 1.64 bits per heavy atom. The average molecular weight is 733 g/mol. The van der Waals surface area contributed by atoms with Crippen molar-refractivity contribution in [2.75, 3.05) is 19.7 Å². The van der Waals surface area contributed by atoms with E-state index in [-0.39, 0.29) is 67.0 Å². The van der Waals surface area contributed by atoms with Crippen LogP contribution in [-0.4, -0.2) is 69.4 Å². The second-order valence-electron chi connectivity index (χ2n) is 13.4. The monoisotopic (exact) mass is 731 g/mol. The third-order valence-corrected chi connectivity index (χ3v) is 10.2. The highest BCUT2D eigenvalue weighted by Gasteiger charge is 2.64. The van der Waals surface area contributed by atoms with Gasteiger partial charge in [-0.15, -0.1) is 0 Å². The Morgan fingerprint density at radius 3 is 2.06 bits per heavy atom. The first-order valence-corrected chi connectivity index (χ1v) is 19.5. The number of carbonyl (C=O) groups excluding carboxylic acids is 2. The highest BCUT2D eigenvalue weighted by atomic mass is 35.5. The molecule has 16 heteroatoms. The van der Waals surface area contributed by atoms with E-state index in [2.05, 4.69) is 5.32 Å². The Morgan fingerprint density at radius 1 is 1.09 bits per heavy atom.